The van der Waals surface area contributed by atoms with E-state index in [1.807, 2.05) is 34.6 Å². The van der Waals surface area contributed by atoms with Crippen LogP contribution >= 0.6 is 0 Å². The molecule has 0 aromatic rings. The summed E-state index contributed by atoms with van der Waals surface area (Å²) >= 11 is 0. The van der Waals surface area contributed by atoms with Crippen molar-refractivity contribution < 1.29 is 9.31 Å². The van der Waals surface area contributed by atoms with Gasteiger partial charge in [-0.3, -0.25) is 0 Å². The monoisotopic (exact) mass is 185 g/mol. The average Bonchev–Trinajstić information content (AvgIpc) is 2.20. The van der Waals surface area contributed by atoms with Crippen LogP contribution in [0.25, 0.3) is 0 Å². The zero-order chi connectivity index (χ0) is 10.3. The van der Waals surface area contributed by atoms with Crippen LogP contribution in [-0.4, -0.2) is 24.3 Å². The first-order valence-electron chi connectivity index (χ1n) is 4.91. The summed E-state index contributed by atoms with van der Waals surface area (Å²) in [7, 11) is -0.255. The molecule has 1 unspecified atom stereocenters. The SMILES string of the molecule is CCC(N)B1OC(C)(C)C(C)(C)O1. The molecule has 13 heavy (non-hydrogen) atoms. The van der Waals surface area contributed by atoms with Gasteiger partial charge in [-0.1, -0.05) is 6.92 Å². The van der Waals surface area contributed by atoms with Crippen molar-refractivity contribution in [1.29, 1.82) is 0 Å². The second-order valence-electron chi connectivity index (χ2n) is 4.70. The molecular weight excluding hydrogens is 165 g/mol. The zero-order valence-corrected chi connectivity index (χ0v) is 9.26. The molecule has 0 radical (unpaired) electrons. The van der Waals surface area contributed by atoms with Crippen LogP contribution in [0.2, 0.25) is 0 Å². The molecule has 0 aliphatic carbocycles. The van der Waals surface area contributed by atoms with Gasteiger partial charge in [0.2, 0.25) is 0 Å². The molecule has 0 saturated carbocycles. The Morgan fingerprint density at radius 1 is 1.15 bits per heavy atom. The summed E-state index contributed by atoms with van der Waals surface area (Å²) in [6.45, 7) is 10.2. The van der Waals surface area contributed by atoms with Gasteiger partial charge >= 0.3 is 7.12 Å². The average molecular weight is 185 g/mol. The standard InChI is InChI=1S/C9H20BNO2/c1-6-7(11)10-12-8(2,3)9(4,5)13-10/h7H,6,11H2,1-5H3. The summed E-state index contributed by atoms with van der Waals surface area (Å²) in [5.74, 6) is -0.0268. The van der Waals surface area contributed by atoms with E-state index in [4.69, 9.17) is 15.0 Å². The number of nitrogens with two attached hydrogens (primary N) is 1. The van der Waals surface area contributed by atoms with Crippen molar-refractivity contribution in [1.82, 2.24) is 0 Å². The van der Waals surface area contributed by atoms with Crippen molar-refractivity contribution in [3.63, 3.8) is 0 Å². The van der Waals surface area contributed by atoms with Crippen molar-refractivity contribution in [2.75, 3.05) is 0 Å². The van der Waals surface area contributed by atoms with Gasteiger partial charge in [0.25, 0.3) is 0 Å². The van der Waals surface area contributed by atoms with E-state index < -0.39 is 0 Å². The second kappa shape index (κ2) is 3.26. The fraction of sp³-hybridized carbons (Fsp3) is 1.00. The van der Waals surface area contributed by atoms with Gasteiger partial charge in [0, 0.05) is 5.94 Å². The van der Waals surface area contributed by atoms with Gasteiger partial charge in [-0.15, -0.1) is 0 Å². The van der Waals surface area contributed by atoms with E-state index in [2.05, 4.69) is 0 Å². The third kappa shape index (κ3) is 1.90. The minimum Gasteiger partial charge on any atom is -0.402 e. The van der Waals surface area contributed by atoms with Crippen LogP contribution in [0.15, 0.2) is 0 Å². The lowest BCUT2D eigenvalue weighted by atomic mass is 9.77. The zero-order valence-electron chi connectivity index (χ0n) is 9.26. The molecular formula is C9H20BNO2. The third-order valence-corrected chi connectivity index (χ3v) is 3.09. The molecule has 1 fully saturated rings. The van der Waals surface area contributed by atoms with E-state index in [1.54, 1.807) is 0 Å². The van der Waals surface area contributed by atoms with Crippen molar-refractivity contribution in [3.8, 4) is 0 Å². The summed E-state index contributed by atoms with van der Waals surface area (Å²) in [6, 6.07) is 0. The van der Waals surface area contributed by atoms with Crippen molar-refractivity contribution >= 4 is 7.12 Å². The third-order valence-electron chi connectivity index (χ3n) is 3.09. The predicted octanol–water partition coefficient (Wildman–Crippen LogP) is 1.36. The molecule has 0 aromatic heterocycles. The maximum absolute atomic E-state index is 5.87. The van der Waals surface area contributed by atoms with E-state index in [0.29, 0.717) is 0 Å². The fourth-order valence-corrected chi connectivity index (χ4v) is 1.26. The molecule has 1 rings (SSSR count). The number of hydrogen-bond donors (Lipinski definition) is 1. The maximum Gasteiger partial charge on any atom is 0.475 e. The molecule has 76 valence electrons. The van der Waals surface area contributed by atoms with Gasteiger partial charge in [-0.2, -0.15) is 0 Å². The van der Waals surface area contributed by atoms with Crippen LogP contribution in [-0.2, 0) is 9.31 Å². The first kappa shape index (κ1) is 11.0. The molecule has 1 aliphatic heterocycles. The molecule has 2 N–H and O–H groups in total. The Labute approximate surface area is 81.1 Å². The Bertz CT molecular complexity index is 178. The van der Waals surface area contributed by atoms with Crippen LogP contribution in [0.3, 0.4) is 0 Å². The highest BCUT2D eigenvalue weighted by atomic mass is 16.7. The van der Waals surface area contributed by atoms with Gasteiger partial charge in [-0.25, -0.2) is 0 Å². The van der Waals surface area contributed by atoms with Crippen molar-refractivity contribution in [2.45, 2.75) is 58.2 Å². The topological polar surface area (TPSA) is 44.5 Å². The normalized spacial score (nSPS) is 27.7. The molecule has 1 heterocycles. The molecule has 0 bridgehead atoms. The summed E-state index contributed by atoms with van der Waals surface area (Å²) in [5, 5.41) is 0. The van der Waals surface area contributed by atoms with Gasteiger partial charge in [0.1, 0.15) is 0 Å². The Morgan fingerprint density at radius 2 is 1.54 bits per heavy atom. The Morgan fingerprint density at radius 3 is 1.85 bits per heavy atom. The highest BCUT2D eigenvalue weighted by molar-refractivity contribution is 6.47. The lowest BCUT2D eigenvalue weighted by Gasteiger charge is -2.32. The van der Waals surface area contributed by atoms with Crippen LogP contribution in [0.1, 0.15) is 41.0 Å². The summed E-state index contributed by atoms with van der Waals surface area (Å²) < 4.78 is 11.5. The van der Waals surface area contributed by atoms with E-state index >= 15 is 0 Å². The van der Waals surface area contributed by atoms with Crippen molar-refractivity contribution in [2.24, 2.45) is 5.73 Å². The molecule has 1 aliphatic rings. The van der Waals surface area contributed by atoms with Crippen LogP contribution in [0.5, 0.6) is 0 Å². The molecule has 0 amide bonds. The van der Waals surface area contributed by atoms with E-state index in [9.17, 15) is 0 Å². The minimum absolute atomic E-state index is 0.0268. The van der Waals surface area contributed by atoms with Gasteiger partial charge in [-0.05, 0) is 34.1 Å². The number of rotatable bonds is 2. The minimum atomic E-state index is -0.259. The Hall–Kier alpha value is -0.0551. The highest BCUT2D eigenvalue weighted by Crippen LogP contribution is 2.37. The highest BCUT2D eigenvalue weighted by Gasteiger charge is 2.52. The van der Waals surface area contributed by atoms with E-state index in [-0.39, 0.29) is 24.3 Å². The lowest BCUT2D eigenvalue weighted by Crippen LogP contribution is -2.41. The quantitative estimate of drug-likeness (QED) is 0.660. The first-order valence-corrected chi connectivity index (χ1v) is 4.91. The van der Waals surface area contributed by atoms with Gasteiger partial charge in [0.15, 0.2) is 0 Å². The number of hydrogen-bond acceptors (Lipinski definition) is 3. The lowest BCUT2D eigenvalue weighted by molar-refractivity contribution is 0.00578. The van der Waals surface area contributed by atoms with Crippen LogP contribution in [0.4, 0.5) is 0 Å². The molecule has 0 spiro atoms. The van der Waals surface area contributed by atoms with Gasteiger partial charge < -0.3 is 15.0 Å². The largest absolute Gasteiger partial charge is 0.475 e. The van der Waals surface area contributed by atoms with Crippen LogP contribution < -0.4 is 5.73 Å². The summed E-state index contributed by atoms with van der Waals surface area (Å²) in [5.41, 5.74) is 5.35. The Kier molecular flexibility index (Phi) is 2.77. The van der Waals surface area contributed by atoms with E-state index in [1.165, 1.54) is 0 Å². The summed E-state index contributed by atoms with van der Waals surface area (Å²) in [6.07, 6.45) is 0.872. The maximum atomic E-state index is 5.87. The molecule has 1 saturated heterocycles. The smallest absolute Gasteiger partial charge is 0.402 e. The molecule has 1 atom stereocenters. The van der Waals surface area contributed by atoms with Gasteiger partial charge in [0.05, 0.1) is 11.2 Å². The molecule has 0 aromatic carbocycles. The molecule has 4 heteroatoms. The Balaban J connectivity index is 2.70. The van der Waals surface area contributed by atoms with E-state index in [0.717, 1.165) is 6.42 Å². The fourth-order valence-electron chi connectivity index (χ4n) is 1.26. The second-order valence-corrected chi connectivity index (χ2v) is 4.70. The van der Waals surface area contributed by atoms with Crippen molar-refractivity contribution in [3.05, 3.63) is 0 Å². The predicted molar refractivity (Wildman–Crippen MR) is 54.3 cm³/mol. The van der Waals surface area contributed by atoms with Crippen LogP contribution in [0, 0.1) is 0 Å². The first-order chi connectivity index (χ1) is 5.80. The summed E-state index contributed by atoms with van der Waals surface area (Å²) in [4.78, 5) is 0. The molecule has 3 nitrogen and oxygen atoms in total.